The molecule has 0 bridgehead atoms. The Morgan fingerprint density at radius 2 is 2.04 bits per heavy atom. The normalized spacial score (nSPS) is 11.2. The molecular weight excluding hydrogens is 328 g/mol. The van der Waals surface area contributed by atoms with Crippen LogP contribution in [0, 0.1) is 0 Å². The minimum absolute atomic E-state index is 0.0701. The van der Waals surface area contributed by atoms with E-state index in [1.54, 1.807) is 18.2 Å². The van der Waals surface area contributed by atoms with E-state index in [1.807, 2.05) is 0 Å². The molecule has 0 aliphatic carbocycles. The van der Waals surface area contributed by atoms with E-state index in [2.05, 4.69) is 23.5 Å². The monoisotopic (exact) mass is 354 g/mol. The van der Waals surface area contributed by atoms with Crippen molar-refractivity contribution >= 4 is 15.9 Å². The number of ether oxygens (including phenoxy) is 1. The van der Waals surface area contributed by atoms with Crippen LogP contribution in [0.4, 0.5) is 0 Å². The zero-order valence-electron chi connectivity index (χ0n) is 14.1. The maximum Gasteiger partial charge on any atom is 0.251 e. The van der Waals surface area contributed by atoms with E-state index in [4.69, 9.17) is 4.74 Å². The maximum atomic E-state index is 12.3. The molecule has 0 aliphatic heterocycles. The van der Waals surface area contributed by atoms with E-state index < -0.39 is 10.0 Å². The van der Waals surface area contributed by atoms with Crippen molar-refractivity contribution in [3.8, 4) is 0 Å². The fourth-order valence-electron chi connectivity index (χ4n) is 1.88. The number of hydrogen-bond acceptors (Lipinski definition) is 4. The number of unbranched alkanes of at least 4 members (excludes halogenated alkanes) is 1. The quantitative estimate of drug-likeness (QED) is 0.445. The van der Waals surface area contributed by atoms with Gasteiger partial charge in [-0.3, -0.25) is 4.79 Å². The highest BCUT2D eigenvalue weighted by Gasteiger charge is 2.15. The average Bonchev–Trinajstić information content (AvgIpc) is 2.59. The molecule has 0 saturated carbocycles. The third-order valence-corrected chi connectivity index (χ3v) is 4.67. The van der Waals surface area contributed by atoms with Gasteiger partial charge in [0.15, 0.2) is 0 Å². The highest BCUT2D eigenvalue weighted by atomic mass is 32.2. The second-order valence-electron chi connectivity index (χ2n) is 5.24. The molecule has 0 heterocycles. The van der Waals surface area contributed by atoms with Crippen molar-refractivity contribution in [3.05, 3.63) is 42.5 Å². The van der Waals surface area contributed by atoms with Gasteiger partial charge in [0, 0.05) is 31.9 Å². The topological polar surface area (TPSA) is 84.5 Å². The van der Waals surface area contributed by atoms with Crippen molar-refractivity contribution in [1.82, 2.24) is 10.0 Å². The van der Waals surface area contributed by atoms with Gasteiger partial charge in [0.1, 0.15) is 0 Å². The van der Waals surface area contributed by atoms with E-state index in [1.165, 1.54) is 12.1 Å². The molecule has 6 nitrogen and oxygen atoms in total. The smallest absolute Gasteiger partial charge is 0.251 e. The molecule has 0 aromatic heterocycles. The molecule has 7 heteroatoms. The molecule has 24 heavy (non-hydrogen) atoms. The third-order valence-electron chi connectivity index (χ3n) is 3.21. The number of amides is 1. The highest BCUT2D eigenvalue weighted by molar-refractivity contribution is 7.89. The Labute approximate surface area is 144 Å². The lowest BCUT2D eigenvalue weighted by molar-refractivity contribution is 0.0958. The summed E-state index contributed by atoms with van der Waals surface area (Å²) in [6, 6.07) is 5.94. The fraction of sp³-hybridized carbons (Fsp3) is 0.471. The van der Waals surface area contributed by atoms with Gasteiger partial charge in [-0.05, 0) is 31.0 Å². The van der Waals surface area contributed by atoms with Gasteiger partial charge in [-0.15, -0.1) is 6.58 Å². The van der Waals surface area contributed by atoms with Crippen molar-refractivity contribution < 1.29 is 17.9 Å². The summed E-state index contributed by atoms with van der Waals surface area (Å²) in [5, 5.41) is 2.62. The zero-order valence-corrected chi connectivity index (χ0v) is 14.9. The van der Waals surface area contributed by atoms with E-state index in [-0.39, 0.29) is 10.8 Å². The summed E-state index contributed by atoms with van der Waals surface area (Å²) >= 11 is 0. The van der Waals surface area contributed by atoms with E-state index in [0.717, 1.165) is 12.8 Å². The Balaban J connectivity index is 2.54. The summed E-state index contributed by atoms with van der Waals surface area (Å²) in [7, 11) is -3.64. The molecule has 134 valence electrons. The predicted molar refractivity (Wildman–Crippen MR) is 94.5 cm³/mol. The Hall–Kier alpha value is -1.70. The first kappa shape index (κ1) is 20.3. The van der Waals surface area contributed by atoms with Gasteiger partial charge in [-0.1, -0.05) is 25.5 Å². The minimum atomic E-state index is -3.64. The number of benzene rings is 1. The Kier molecular flexibility index (Phi) is 9.29. The average molecular weight is 354 g/mol. The number of rotatable bonds is 12. The number of nitrogens with one attached hydrogen (secondary N) is 2. The SMILES string of the molecule is C=CCNC(=O)c1cccc(S(=O)(=O)NCCCOCCCC)c1. The minimum Gasteiger partial charge on any atom is -0.381 e. The molecular formula is C17H26N2O4S. The summed E-state index contributed by atoms with van der Waals surface area (Å²) in [6.45, 7) is 7.44. The molecule has 0 radical (unpaired) electrons. The molecule has 0 fully saturated rings. The van der Waals surface area contributed by atoms with Crippen LogP contribution in [0.3, 0.4) is 0 Å². The lowest BCUT2D eigenvalue weighted by Gasteiger charge is -2.09. The van der Waals surface area contributed by atoms with Gasteiger partial charge in [0.25, 0.3) is 5.91 Å². The number of carbonyl (C=O) groups excluding carboxylic acids is 1. The van der Waals surface area contributed by atoms with Crippen molar-refractivity contribution in [1.29, 1.82) is 0 Å². The van der Waals surface area contributed by atoms with Crippen LogP contribution in [-0.4, -0.2) is 40.6 Å². The molecule has 0 spiro atoms. The van der Waals surface area contributed by atoms with Gasteiger partial charge in [0.05, 0.1) is 4.90 Å². The van der Waals surface area contributed by atoms with Gasteiger partial charge in [-0.25, -0.2) is 13.1 Å². The number of carbonyl (C=O) groups is 1. The summed E-state index contributed by atoms with van der Waals surface area (Å²) in [6.07, 6.45) is 4.24. The largest absolute Gasteiger partial charge is 0.381 e. The standard InChI is InChI=1S/C17H26N2O4S/c1-3-5-12-23-13-7-11-19-24(21,22)16-9-6-8-15(14-16)17(20)18-10-4-2/h4,6,8-9,14,19H,2-3,5,7,10-13H2,1H3,(H,18,20). The van der Waals surface area contributed by atoms with Gasteiger partial charge >= 0.3 is 0 Å². The summed E-state index contributed by atoms with van der Waals surface area (Å²) in [5.41, 5.74) is 0.294. The molecule has 0 saturated heterocycles. The predicted octanol–water partition coefficient (Wildman–Crippen LogP) is 2.09. The van der Waals surface area contributed by atoms with Crippen LogP contribution in [0.15, 0.2) is 41.8 Å². The van der Waals surface area contributed by atoms with Crippen molar-refractivity contribution in [2.75, 3.05) is 26.3 Å². The molecule has 1 aromatic rings. The molecule has 1 rings (SSSR count). The van der Waals surface area contributed by atoms with E-state index >= 15 is 0 Å². The summed E-state index contributed by atoms with van der Waals surface area (Å²) < 4.78 is 32.4. The molecule has 0 atom stereocenters. The van der Waals surface area contributed by atoms with Crippen LogP contribution >= 0.6 is 0 Å². The molecule has 0 unspecified atom stereocenters. The zero-order chi connectivity index (χ0) is 17.8. The number of hydrogen-bond donors (Lipinski definition) is 2. The van der Waals surface area contributed by atoms with Crippen LogP contribution in [0.25, 0.3) is 0 Å². The van der Waals surface area contributed by atoms with Crippen molar-refractivity contribution in [2.24, 2.45) is 0 Å². The van der Waals surface area contributed by atoms with Crippen LogP contribution in [-0.2, 0) is 14.8 Å². The first-order chi connectivity index (χ1) is 11.5. The van der Waals surface area contributed by atoms with E-state index in [0.29, 0.717) is 38.3 Å². The molecule has 1 amide bonds. The molecule has 0 aliphatic rings. The van der Waals surface area contributed by atoms with Crippen LogP contribution in [0.2, 0.25) is 0 Å². The second kappa shape index (κ2) is 11.0. The van der Waals surface area contributed by atoms with E-state index in [9.17, 15) is 13.2 Å². The Morgan fingerprint density at radius 1 is 1.29 bits per heavy atom. The summed E-state index contributed by atoms with van der Waals surface area (Å²) in [5.74, 6) is -0.337. The van der Waals surface area contributed by atoms with Crippen LogP contribution in [0.5, 0.6) is 0 Å². The van der Waals surface area contributed by atoms with Crippen molar-refractivity contribution in [3.63, 3.8) is 0 Å². The summed E-state index contributed by atoms with van der Waals surface area (Å²) in [4.78, 5) is 11.9. The third kappa shape index (κ3) is 7.25. The van der Waals surface area contributed by atoms with Gasteiger partial charge < -0.3 is 10.1 Å². The fourth-order valence-corrected chi connectivity index (χ4v) is 3.00. The Bertz CT molecular complexity index is 629. The molecule has 2 N–H and O–H groups in total. The van der Waals surface area contributed by atoms with Crippen LogP contribution in [0.1, 0.15) is 36.5 Å². The maximum absolute atomic E-state index is 12.3. The van der Waals surface area contributed by atoms with Gasteiger partial charge in [0.2, 0.25) is 10.0 Å². The second-order valence-corrected chi connectivity index (χ2v) is 7.01. The lowest BCUT2D eigenvalue weighted by Crippen LogP contribution is -2.27. The van der Waals surface area contributed by atoms with Crippen LogP contribution < -0.4 is 10.0 Å². The van der Waals surface area contributed by atoms with Gasteiger partial charge in [-0.2, -0.15) is 0 Å². The first-order valence-corrected chi connectivity index (χ1v) is 9.56. The number of sulfonamides is 1. The van der Waals surface area contributed by atoms with Crippen molar-refractivity contribution in [2.45, 2.75) is 31.1 Å². The lowest BCUT2D eigenvalue weighted by atomic mass is 10.2. The molecule has 1 aromatic carbocycles. The Morgan fingerprint density at radius 3 is 2.75 bits per heavy atom. The highest BCUT2D eigenvalue weighted by Crippen LogP contribution is 2.11. The first-order valence-electron chi connectivity index (χ1n) is 8.08.